The van der Waals surface area contributed by atoms with Gasteiger partial charge in [0.15, 0.2) is 0 Å². The second-order valence-electron chi connectivity index (χ2n) is 8.19. The highest BCUT2D eigenvalue weighted by Gasteiger charge is 2.31. The smallest absolute Gasteiger partial charge is 0.319 e. The number of aliphatic hydroxyl groups is 1. The zero-order chi connectivity index (χ0) is 23.0. The summed E-state index contributed by atoms with van der Waals surface area (Å²) in [6, 6.07) is 16.5. The summed E-state index contributed by atoms with van der Waals surface area (Å²) < 4.78 is 7.90. The van der Waals surface area contributed by atoms with Gasteiger partial charge in [0, 0.05) is 29.9 Å². The molecule has 3 N–H and O–H groups in total. The molecular weight excluding hydrogens is 442 g/mol. The molecule has 0 unspecified atom stereocenters. The van der Waals surface area contributed by atoms with E-state index in [1.165, 1.54) is 5.56 Å². The van der Waals surface area contributed by atoms with E-state index < -0.39 is 6.10 Å². The lowest BCUT2D eigenvalue weighted by molar-refractivity contribution is -0.0905. The third-order valence-electron chi connectivity index (χ3n) is 5.71. The maximum Gasteiger partial charge on any atom is 0.319 e. The third kappa shape index (κ3) is 6.77. The van der Waals surface area contributed by atoms with E-state index in [1.54, 1.807) is 24.3 Å². The highest BCUT2D eigenvalue weighted by Crippen LogP contribution is 2.23. The molecule has 1 aliphatic rings. The highest BCUT2D eigenvalue weighted by molar-refractivity contribution is 6.30. The van der Waals surface area contributed by atoms with Crippen molar-refractivity contribution in [3.05, 3.63) is 77.1 Å². The number of anilines is 1. The quantitative estimate of drug-likeness (QED) is 0.467. The first-order chi connectivity index (χ1) is 16.1. The molecule has 1 saturated heterocycles. The molecular formula is C24H28ClN5O3. The second-order valence-corrected chi connectivity index (χ2v) is 8.63. The number of hydrogen-bond acceptors (Lipinski definition) is 5. The number of amides is 2. The predicted octanol–water partition coefficient (Wildman–Crippen LogP) is 3.64. The molecule has 4 rings (SSSR count). The van der Waals surface area contributed by atoms with E-state index >= 15 is 0 Å². The van der Waals surface area contributed by atoms with Crippen LogP contribution in [0.4, 0.5) is 10.5 Å². The van der Waals surface area contributed by atoms with E-state index in [0.717, 1.165) is 31.4 Å². The van der Waals surface area contributed by atoms with Crippen molar-refractivity contribution in [3.63, 3.8) is 0 Å². The second kappa shape index (κ2) is 11.3. The Labute approximate surface area is 197 Å². The molecule has 8 nitrogen and oxygen atoms in total. The fourth-order valence-corrected chi connectivity index (χ4v) is 4.11. The van der Waals surface area contributed by atoms with Crippen LogP contribution in [0.25, 0.3) is 0 Å². The van der Waals surface area contributed by atoms with Crippen molar-refractivity contribution in [3.8, 4) is 0 Å². The fraction of sp³-hybridized carbons (Fsp3) is 0.375. The Morgan fingerprint density at radius 3 is 2.70 bits per heavy atom. The van der Waals surface area contributed by atoms with Crippen molar-refractivity contribution < 1.29 is 14.6 Å². The number of benzene rings is 2. The number of carbonyl (C=O) groups is 1. The van der Waals surface area contributed by atoms with Crippen molar-refractivity contribution in [2.45, 2.75) is 50.5 Å². The molecule has 174 valence electrons. The van der Waals surface area contributed by atoms with Gasteiger partial charge in [-0.25, -0.2) is 4.79 Å². The Bertz CT molecular complexity index is 1030. The Morgan fingerprint density at radius 1 is 1.15 bits per heavy atom. The lowest BCUT2D eigenvalue weighted by atomic mass is 9.97. The van der Waals surface area contributed by atoms with Gasteiger partial charge in [0.1, 0.15) is 6.10 Å². The molecule has 0 bridgehead atoms. The van der Waals surface area contributed by atoms with E-state index in [-0.39, 0.29) is 24.8 Å². The SMILES string of the molecule is O=C(Nc1ccc(Cl)cc1)N[C@H]1CC[C@@H](CCn2cc(Cc3ccccc3)nn2)O[C@H]1CO. The molecule has 3 aromatic rings. The van der Waals surface area contributed by atoms with Gasteiger partial charge < -0.3 is 20.5 Å². The van der Waals surface area contributed by atoms with Crippen LogP contribution in [0.5, 0.6) is 0 Å². The van der Waals surface area contributed by atoms with Crippen LogP contribution < -0.4 is 10.6 Å². The van der Waals surface area contributed by atoms with Gasteiger partial charge in [-0.3, -0.25) is 4.68 Å². The lowest BCUT2D eigenvalue weighted by Gasteiger charge is -2.36. The summed E-state index contributed by atoms with van der Waals surface area (Å²) in [5.41, 5.74) is 2.77. The Hall–Kier alpha value is -2.94. The topological polar surface area (TPSA) is 101 Å². The standard InChI is InChI=1S/C24H28ClN5O3/c25-18-6-8-19(9-7-18)26-24(32)27-22-11-10-21(33-23(22)16-31)12-13-30-15-20(28-29-30)14-17-4-2-1-3-5-17/h1-9,15,21-23,31H,10-14,16H2,(H2,26,27,32)/t21-,22-,23-/m0/s1. The minimum atomic E-state index is -0.455. The molecule has 0 aliphatic carbocycles. The molecule has 3 atom stereocenters. The number of urea groups is 1. The van der Waals surface area contributed by atoms with Gasteiger partial charge in [-0.15, -0.1) is 5.10 Å². The van der Waals surface area contributed by atoms with Crippen molar-refractivity contribution >= 4 is 23.3 Å². The molecule has 1 aliphatic heterocycles. The van der Waals surface area contributed by atoms with Crippen molar-refractivity contribution in [2.75, 3.05) is 11.9 Å². The molecule has 0 saturated carbocycles. The number of rotatable bonds is 8. The summed E-state index contributed by atoms with van der Waals surface area (Å²) in [6.07, 6.45) is 4.51. The van der Waals surface area contributed by atoms with Gasteiger partial charge in [0.05, 0.1) is 24.4 Å². The number of ether oxygens (including phenoxy) is 1. The van der Waals surface area contributed by atoms with Crippen LogP contribution in [0.3, 0.4) is 0 Å². The summed E-state index contributed by atoms with van der Waals surface area (Å²) in [6.45, 7) is 0.521. The number of nitrogens with one attached hydrogen (secondary N) is 2. The fourth-order valence-electron chi connectivity index (χ4n) is 3.99. The Kier molecular flexibility index (Phi) is 7.93. The first-order valence-electron chi connectivity index (χ1n) is 11.1. The largest absolute Gasteiger partial charge is 0.394 e. The number of aromatic nitrogens is 3. The zero-order valence-electron chi connectivity index (χ0n) is 18.2. The van der Waals surface area contributed by atoms with Gasteiger partial charge in [-0.2, -0.15) is 0 Å². The number of carbonyl (C=O) groups excluding carboxylic acids is 1. The Morgan fingerprint density at radius 2 is 1.94 bits per heavy atom. The van der Waals surface area contributed by atoms with Gasteiger partial charge >= 0.3 is 6.03 Å². The van der Waals surface area contributed by atoms with Gasteiger partial charge in [-0.05, 0) is 49.1 Å². The summed E-state index contributed by atoms with van der Waals surface area (Å²) in [5, 5.41) is 24.6. The summed E-state index contributed by atoms with van der Waals surface area (Å²) >= 11 is 5.87. The maximum absolute atomic E-state index is 12.3. The molecule has 1 aromatic heterocycles. The van der Waals surface area contributed by atoms with Crippen molar-refractivity contribution in [1.29, 1.82) is 0 Å². The van der Waals surface area contributed by atoms with Gasteiger partial charge in [0.25, 0.3) is 0 Å². The normalized spacial score (nSPS) is 20.4. The molecule has 33 heavy (non-hydrogen) atoms. The van der Waals surface area contributed by atoms with E-state index in [1.807, 2.05) is 29.1 Å². The van der Waals surface area contributed by atoms with E-state index in [2.05, 4.69) is 33.1 Å². The molecule has 0 spiro atoms. The van der Waals surface area contributed by atoms with E-state index in [9.17, 15) is 9.90 Å². The summed E-state index contributed by atoms with van der Waals surface area (Å²) in [7, 11) is 0. The zero-order valence-corrected chi connectivity index (χ0v) is 19.0. The average molecular weight is 470 g/mol. The average Bonchev–Trinajstić information content (AvgIpc) is 3.27. The van der Waals surface area contributed by atoms with Crippen LogP contribution >= 0.6 is 11.6 Å². The highest BCUT2D eigenvalue weighted by atomic mass is 35.5. The van der Waals surface area contributed by atoms with Crippen LogP contribution in [0, 0.1) is 0 Å². The van der Waals surface area contributed by atoms with Gasteiger partial charge in [0.2, 0.25) is 0 Å². The first kappa shape index (κ1) is 23.2. The number of hydrogen-bond donors (Lipinski definition) is 3. The van der Waals surface area contributed by atoms with Gasteiger partial charge in [-0.1, -0.05) is 47.1 Å². The number of aliphatic hydroxyl groups excluding tert-OH is 1. The van der Waals surface area contributed by atoms with Crippen LogP contribution in [-0.2, 0) is 17.7 Å². The van der Waals surface area contributed by atoms with Crippen molar-refractivity contribution in [1.82, 2.24) is 20.3 Å². The summed E-state index contributed by atoms with van der Waals surface area (Å²) in [5.74, 6) is 0. The maximum atomic E-state index is 12.3. The molecule has 2 heterocycles. The van der Waals surface area contributed by atoms with Crippen LogP contribution in [0.2, 0.25) is 5.02 Å². The van der Waals surface area contributed by atoms with E-state index in [4.69, 9.17) is 16.3 Å². The molecule has 9 heteroatoms. The predicted molar refractivity (Wildman–Crippen MR) is 126 cm³/mol. The van der Waals surface area contributed by atoms with E-state index in [0.29, 0.717) is 17.3 Å². The molecule has 2 amide bonds. The van der Waals surface area contributed by atoms with Crippen LogP contribution in [0.1, 0.15) is 30.5 Å². The summed E-state index contributed by atoms with van der Waals surface area (Å²) in [4.78, 5) is 12.3. The van der Waals surface area contributed by atoms with Crippen LogP contribution in [-0.4, -0.2) is 51.0 Å². The first-order valence-corrected chi connectivity index (χ1v) is 11.5. The number of nitrogens with zero attached hydrogens (tertiary/aromatic N) is 3. The molecule has 2 aromatic carbocycles. The van der Waals surface area contributed by atoms with Crippen molar-refractivity contribution in [2.24, 2.45) is 0 Å². The third-order valence-corrected chi connectivity index (χ3v) is 5.96. The minimum Gasteiger partial charge on any atom is -0.394 e. The molecule has 0 radical (unpaired) electrons. The Balaban J connectivity index is 1.23. The monoisotopic (exact) mass is 469 g/mol. The minimum absolute atomic E-state index is 0.0127. The number of aryl methyl sites for hydroxylation is 1. The molecule has 1 fully saturated rings. The lowest BCUT2D eigenvalue weighted by Crippen LogP contribution is -2.52. The van der Waals surface area contributed by atoms with Crippen LogP contribution in [0.15, 0.2) is 60.8 Å². The number of halogens is 1.